The molecule has 0 aromatic carbocycles. The lowest BCUT2D eigenvalue weighted by molar-refractivity contribution is -0.140. The Morgan fingerprint density at radius 1 is 1.27 bits per heavy atom. The Balaban J connectivity index is 4.71. The second kappa shape index (κ2) is 5.70. The van der Waals surface area contributed by atoms with Gasteiger partial charge in [0.25, 0.3) is 0 Å². The number of carbonyl (C=O) groups is 2. The number of likely N-dealkylation sites (N-methyl/N-ethyl adjacent to an activating group) is 2. The molecule has 0 saturated heterocycles. The molecule has 0 heterocycles. The maximum absolute atomic E-state index is 11.8. The number of rotatable bonds is 5. The van der Waals surface area contributed by atoms with Gasteiger partial charge < -0.3 is 16.0 Å². The minimum Gasteiger partial charge on any atom is -0.368 e. The van der Waals surface area contributed by atoms with E-state index in [1.807, 2.05) is 13.8 Å². The fourth-order valence-electron chi connectivity index (χ4n) is 1.53. The molecule has 0 aromatic rings. The van der Waals surface area contributed by atoms with Gasteiger partial charge in [-0.25, -0.2) is 0 Å². The average molecular weight is 215 g/mol. The highest BCUT2D eigenvalue weighted by Gasteiger charge is 2.29. The Labute approximate surface area is 91.0 Å². The summed E-state index contributed by atoms with van der Waals surface area (Å²) in [5.74, 6) is -0.584. The molecule has 0 spiro atoms. The van der Waals surface area contributed by atoms with E-state index in [1.165, 1.54) is 4.90 Å². The first-order valence-electron chi connectivity index (χ1n) is 5.06. The average Bonchev–Trinajstić information content (AvgIpc) is 2.14. The molecular formula is C10H21N3O2. The maximum atomic E-state index is 11.8. The molecule has 1 unspecified atom stereocenters. The number of carbonyl (C=O) groups excluding carboxylic acids is 2. The van der Waals surface area contributed by atoms with E-state index < -0.39 is 11.9 Å². The number of primary amides is 1. The largest absolute Gasteiger partial charge is 0.368 e. The van der Waals surface area contributed by atoms with Crippen molar-refractivity contribution in [1.29, 1.82) is 0 Å². The van der Waals surface area contributed by atoms with Gasteiger partial charge in [0.15, 0.2) is 0 Å². The number of hydrogen-bond donors (Lipinski definition) is 2. The fourth-order valence-corrected chi connectivity index (χ4v) is 1.53. The van der Waals surface area contributed by atoms with Gasteiger partial charge in [0.2, 0.25) is 11.8 Å². The predicted octanol–water partition coefficient (Wildman–Crippen LogP) is -0.437. The zero-order valence-corrected chi connectivity index (χ0v) is 10.1. The Hall–Kier alpha value is -1.10. The van der Waals surface area contributed by atoms with Crippen LogP contribution in [0.15, 0.2) is 0 Å². The Morgan fingerprint density at radius 2 is 1.73 bits per heavy atom. The standard InChI is InChI=1S/C10H21N3O2/c1-6(2)8(9(11)14)13(5)10(15)7(3)12-4/h6-8,12H,1-5H3,(H2,11,14)/t7-,8?/m0/s1. The first-order chi connectivity index (χ1) is 6.82. The summed E-state index contributed by atoms with van der Waals surface area (Å²) in [6.45, 7) is 5.48. The Bertz CT molecular complexity index is 241. The molecule has 5 nitrogen and oxygen atoms in total. The van der Waals surface area contributed by atoms with Crippen LogP contribution in [0.2, 0.25) is 0 Å². The van der Waals surface area contributed by atoms with Crippen LogP contribution in [0.3, 0.4) is 0 Å². The molecule has 0 radical (unpaired) electrons. The summed E-state index contributed by atoms with van der Waals surface area (Å²) in [6, 6.07) is -0.858. The van der Waals surface area contributed by atoms with Crippen LogP contribution in [0.5, 0.6) is 0 Å². The minimum absolute atomic E-state index is 0.0144. The van der Waals surface area contributed by atoms with Gasteiger partial charge in [0.1, 0.15) is 6.04 Å². The van der Waals surface area contributed by atoms with E-state index in [0.29, 0.717) is 0 Å². The lowest BCUT2D eigenvalue weighted by atomic mass is 10.0. The summed E-state index contributed by atoms with van der Waals surface area (Å²) in [7, 11) is 3.30. The van der Waals surface area contributed by atoms with E-state index in [4.69, 9.17) is 5.73 Å². The second-order valence-corrected chi connectivity index (χ2v) is 4.05. The molecule has 3 N–H and O–H groups in total. The smallest absolute Gasteiger partial charge is 0.240 e. The second-order valence-electron chi connectivity index (χ2n) is 4.05. The number of nitrogens with zero attached hydrogens (tertiary/aromatic N) is 1. The highest BCUT2D eigenvalue weighted by molar-refractivity contribution is 5.88. The van der Waals surface area contributed by atoms with Gasteiger partial charge in [-0.1, -0.05) is 13.8 Å². The molecule has 0 bridgehead atoms. The van der Waals surface area contributed by atoms with Gasteiger partial charge in [0, 0.05) is 7.05 Å². The zero-order chi connectivity index (χ0) is 12.2. The Morgan fingerprint density at radius 3 is 2.00 bits per heavy atom. The summed E-state index contributed by atoms with van der Waals surface area (Å²) in [5.41, 5.74) is 5.26. The number of amides is 2. The SMILES string of the molecule is CN[C@@H](C)C(=O)N(C)C(C(N)=O)C(C)C. The van der Waals surface area contributed by atoms with Crippen molar-refractivity contribution in [2.45, 2.75) is 32.9 Å². The molecule has 88 valence electrons. The predicted molar refractivity (Wildman–Crippen MR) is 59.1 cm³/mol. The molecule has 2 amide bonds. The van der Waals surface area contributed by atoms with Crippen molar-refractivity contribution >= 4 is 11.8 Å². The van der Waals surface area contributed by atoms with E-state index in [9.17, 15) is 9.59 Å². The monoisotopic (exact) mass is 215 g/mol. The van der Waals surface area contributed by atoms with Gasteiger partial charge in [-0.05, 0) is 19.9 Å². The van der Waals surface area contributed by atoms with E-state index in [-0.39, 0.29) is 17.9 Å². The summed E-state index contributed by atoms with van der Waals surface area (Å²) in [5, 5.41) is 2.83. The number of nitrogens with one attached hydrogen (secondary N) is 1. The first-order valence-corrected chi connectivity index (χ1v) is 5.06. The molecule has 0 aromatic heterocycles. The van der Waals surface area contributed by atoms with Crippen molar-refractivity contribution in [2.75, 3.05) is 14.1 Å². The third-order valence-corrected chi connectivity index (χ3v) is 2.49. The maximum Gasteiger partial charge on any atom is 0.240 e. The fraction of sp³-hybridized carbons (Fsp3) is 0.800. The van der Waals surface area contributed by atoms with Crippen molar-refractivity contribution in [3.63, 3.8) is 0 Å². The van der Waals surface area contributed by atoms with Crippen LogP contribution in [-0.4, -0.2) is 42.9 Å². The van der Waals surface area contributed by atoms with E-state index in [1.54, 1.807) is 21.0 Å². The van der Waals surface area contributed by atoms with Gasteiger partial charge in [0.05, 0.1) is 6.04 Å². The summed E-state index contributed by atoms with van der Waals surface area (Å²) < 4.78 is 0. The van der Waals surface area contributed by atoms with Crippen LogP contribution in [0.1, 0.15) is 20.8 Å². The molecule has 0 aliphatic heterocycles. The molecule has 5 heteroatoms. The summed E-state index contributed by atoms with van der Waals surface area (Å²) in [4.78, 5) is 24.4. The third-order valence-electron chi connectivity index (χ3n) is 2.49. The van der Waals surface area contributed by atoms with E-state index in [2.05, 4.69) is 5.32 Å². The summed E-state index contributed by atoms with van der Waals surface area (Å²) in [6.07, 6.45) is 0. The number of nitrogens with two attached hydrogens (primary N) is 1. The van der Waals surface area contributed by atoms with Crippen LogP contribution >= 0.6 is 0 Å². The molecule has 15 heavy (non-hydrogen) atoms. The Kier molecular flexibility index (Phi) is 5.28. The molecule has 0 aliphatic carbocycles. The van der Waals surface area contributed by atoms with Crippen LogP contribution in [0, 0.1) is 5.92 Å². The van der Waals surface area contributed by atoms with Crippen molar-refractivity contribution < 1.29 is 9.59 Å². The lowest BCUT2D eigenvalue weighted by Crippen LogP contribution is -2.53. The molecular weight excluding hydrogens is 194 g/mol. The zero-order valence-electron chi connectivity index (χ0n) is 10.1. The minimum atomic E-state index is -0.548. The van der Waals surface area contributed by atoms with Crippen LogP contribution in [-0.2, 0) is 9.59 Å². The highest BCUT2D eigenvalue weighted by Crippen LogP contribution is 2.09. The highest BCUT2D eigenvalue weighted by atomic mass is 16.2. The van der Waals surface area contributed by atoms with Crippen molar-refractivity contribution in [3.8, 4) is 0 Å². The van der Waals surface area contributed by atoms with Gasteiger partial charge >= 0.3 is 0 Å². The van der Waals surface area contributed by atoms with E-state index >= 15 is 0 Å². The van der Waals surface area contributed by atoms with Gasteiger partial charge in [-0.2, -0.15) is 0 Å². The molecule has 0 aliphatic rings. The normalized spacial score (nSPS) is 14.8. The quantitative estimate of drug-likeness (QED) is 0.653. The van der Waals surface area contributed by atoms with Gasteiger partial charge in [-0.3, -0.25) is 9.59 Å². The molecule has 2 atom stereocenters. The van der Waals surface area contributed by atoms with Crippen LogP contribution in [0.25, 0.3) is 0 Å². The third kappa shape index (κ3) is 3.51. The topological polar surface area (TPSA) is 75.4 Å². The molecule has 0 saturated carbocycles. The lowest BCUT2D eigenvalue weighted by Gasteiger charge is -2.30. The molecule has 0 rings (SSSR count). The molecule has 0 fully saturated rings. The van der Waals surface area contributed by atoms with Crippen LogP contribution in [0.4, 0.5) is 0 Å². The first kappa shape index (κ1) is 13.9. The van der Waals surface area contributed by atoms with E-state index in [0.717, 1.165) is 0 Å². The van der Waals surface area contributed by atoms with Crippen molar-refractivity contribution in [2.24, 2.45) is 11.7 Å². The van der Waals surface area contributed by atoms with Crippen molar-refractivity contribution in [1.82, 2.24) is 10.2 Å². The van der Waals surface area contributed by atoms with Gasteiger partial charge in [-0.15, -0.1) is 0 Å². The number of hydrogen-bond acceptors (Lipinski definition) is 3. The van der Waals surface area contributed by atoms with Crippen LogP contribution < -0.4 is 11.1 Å². The van der Waals surface area contributed by atoms with Crippen molar-refractivity contribution in [3.05, 3.63) is 0 Å². The summed E-state index contributed by atoms with van der Waals surface area (Å²) >= 11 is 0.